The van der Waals surface area contributed by atoms with Gasteiger partial charge in [0, 0.05) is 49.5 Å². The van der Waals surface area contributed by atoms with E-state index in [1.807, 2.05) is 24.3 Å². The van der Waals surface area contributed by atoms with Crippen molar-refractivity contribution in [2.75, 3.05) is 31.5 Å². The number of carbonyl (C=O) groups is 1. The van der Waals surface area contributed by atoms with Crippen molar-refractivity contribution in [1.29, 1.82) is 0 Å². The predicted octanol–water partition coefficient (Wildman–Crippen LogP) is 0.824. The highest BCUT2D eigenvalue weighted by molar-refractivity contribution is 5.88. The minimum Gasteiger partial charge on any atom is -0.325 e. The number of rotatable bonds is 6. The number of urea groups is 1. The molecule has 1 aliphatic heterocycles. The lowest BCUT2D eigenvalue weighted by Gasteiger charge is -2.70. The maximum Gasteiger partial charge on any atom is 0.354 e. The van der Waals surface area contributed by atoms with Crippen LogP contribution in [0.15, 0.2) is 41.3 Å². The van der Waals surface area contributed by atoms with Crippen LogP contribution in [0.4, 0.5) is 10.6 Å². The van der Waals surface area contributed by atoms with Gasteiger partial charge in [-0.2, -0.15) is 4.98 Å². The Labute approximate surface area is 187 Å². The number of nitrogens with two attached hydrogens (primary N) is 1. The standard InChI is InChI=1S/C23H31N7O2/c1-16(28-23-13-22(24,14-23)15-23)12-17-2-4-18(5-3-17)30-9-6-19(27-21(30)32)26-20(31)29-10-7-25-8-11-29/h2-6,9,16,25,28H,7-8,10-15,24H2,1H3,(H,26,27,31,32). The van der Waals surface area contributed by atoms with Gasteiger partial charge in [0.15, 0.2) is 0 Å². The summed E-state index contributed by atoms with van der Waals surface area (Å²) in [7, 11) is 0. The molecule has 1 saturated heterocycles. The molecule has 2 aromatic rings. The fourth-order valence-electron chi connectivity index (χ4n) is 5.47. The number of carbonyl (C=O) groups excluding carboxylic acids is 1. The Kier molecular flexibility index (Phi) is 5.27. The van der Waals surface area contributed by atoms with Crippen LogP contribution in [-0.4, -0.2) is 63.8 Å². The molecule has 3 aliphatic carbocycles. The van der Waals surface area contributed by atoms with Gasteiger partial charge < -0.3 is 21.3 Å². The summed E-state index contributed by atoms with van der Waals surface area (Å²) in [6.45, 7) is 5.01. The van der Waals surface area contributed by atoms with Crippen molar-refractivity contribution in [3.63, 3.8) is 0 Å². The van der Waals surface area contributed by atoms with Gasteiger partial charge in [-0.25, -0.2) is 9.59 Å². The highest BCUT2D eigenvalue weighted by Crippen LogP contribution is 2.58. The van der Waals surface area contributed by atoms with E-state index in [1.54, 1.807) is 17.2 Å². The Hall–Kier alpha value is -2.75. The largest absolute Gasteiger partial charge is 0.354 e. The van der Waals surface area contributed by atoms with E-state index >= 15 is 0 Å². The lowest BCUT2D eigenvalue weighted by molar-refractivity contribution is -0.0842. The fraction of sp³-hybridized carbons (Fsp3) is 0.522. The van der Waals surface area contributed by atoms with Crippen molar-refractivity contribution < 1.29 is 4.79 Å². The van der Waals surface area contributed by atoms with Gasteiger partial charge in [0.2, 0.25) is 0 Å². The van der Waals surface area contributed by atoms with E-state index in [9.17, 15) is 9.59 Å². The Bertz CT molecular complexity index is 1040. The van der Waals surface area contributed by atoms with Crippen molar-refractivity contribution >= 4 is 11.8 Å². The van der Waals surface area contributed by atoms with Crippen LogP contribution in [0.25, 0.3) is 5.69 Å². The molecule has 2 amide bonds. The van der Waals surface area contributed by atoms with Crippen molar-refractivity contribution in [2.45, 2.75) is 49.7 Å². The molecule has 5 N–H and O–H groups in total. The Morgan fingerprint density at radius 2 is 1.88 bits per heavy atom. The Morgan fingerprint density at radius 1 is 1.19 bits per heavy atom. The summed E-state index contributed by atoms with van der Waals surface area (Å²) in [5, 5.41) is 9.66. The molecule has 9 nitrogen and oxygen atoms in total. The van der Waals surface area contributed by atoms with Gasteiger partial charge in [-0.1, -0.05) is 12.1 Å². The lowest BCUT2D eigenvalue weighted by atomic mass is 9.44. The molecule has 1 aromatic carbocycles. The van der Waals surface area contributed by atoms with Crippen LogP contribution < -0.4 is 27.4 Å². The third kappa shape index (κ3) is 4.15. The third-order valence-electron chi connectivity index (χ3n) is 6.82. The SMILES string of the molecule is CC(Cc1ccc(-n2ccc(NC(=O)N3CCNCC3)nc2=O)cc1)NC12CC(N)(C1)C2. The summed E-state index contributed by atoms with van der Waals surface area (Å²) < 4.78 is 1.48. The van der Waals surface area contributed by atoms with Gasteiger partial charge in [-0.3, -0.25) is 9.88 Å². The summed E-state index contributed by atoms with van der Waals surface area (Å²) in [5.41, 5.74) is 8.07. The monoisotopic (exact) mass is 437 g/mol. The van der Waals surface area contributed by atoms with E-state index < -0.39 is 5.69 Å². The van der Waals surface area contributed by atoms with Crippen LogP contribution in [0.2, 0.25) is 0 Å². The van der Waals surface area contributed by atoms with E-state index in [0.29, 0.717) is 19.1 Å². The number of hydrogen-bond acceptors (Lipinski definition) is 6. The number of piperazine rings is 1. The number of hydrogen-bond donors (Lipinski definition) is 4. The highest BCUT2D eigenvalue weighted by Gasteiger charge is 2.65. The number of anilines is 1. The molecule has 0 radical (unpaired) electrons. The van der Waals surface area contributed by atoms with Gasteiger partial charge >= 0.3 is 11.7 Å². The molecule has 3 saturated carbocycles. The fourth-order valence-corrected chi connectivity index (χ4v) is 5.47. The number of benzene rings is 1. The predicted molar refractivity (Wildman–Crippen MR) is 123 cm³/mol. The molecule has 9 heteroatoms. The number of nitrogens with zero attached hydrogens (tertiary/aromatic N) is 3. The normalized spacial score (nSPS) is 27.2. The van der Waals surface area contributed by atoms with E-state index in [2.05, 4.69) is 27.9 Å². The summed E-state index contributed by atoms with van der Waals surface area (Å²) in [4.78, 5) is 30.6. The summed E-state index contributed by atoms with van der Waals surface area (Å²) in [5.74, 6) is 0.263. The van der Waals surface area contributed by atoms with Crippen LogP contribution in [0, 0.1) is 0 Å². The molecule has 4 fully saturated rings. The second kappa shape index (κ2) is 7.99. The first-order valence-corrected chi connectivity index (χ1v) is 11.4. The average molecular weight is 438 g/mol. The third-order valence-corrected chi connectivity index (χ3v) is 6.82. The Balaban J connectivity index is 1.19. The van der Waals surface area contributed by atoms with Gasteiger partial charge in [0.25, 0.3) is 0 Å². The summed E-state index contributed by atoms with van der Waals surface area (Å²) >= 11 is 0. The molecular weight excluding hydrogens is 406 g/mol. The number of amides is 2. The topological polar surface area (TPSA) is 117 Å². The zero-order chi connectivity index (χ0) is 22.3. The van der Waals surface area contributed by atoms with E-state index in [4.69, 9.17) is 5.73 Å². The van der Waals surface area contributed by atoms with Crippen LogP contribution in [0.3, 0.4) is 0 Å². The van der Waals surface area contributed by atoms with Gasteiger partial charge in [0.05, 0.1) is 5.69 Å². The van der Waals surface area contributed by atoms with E-state index in [-0.39, 0.29) is 22.9 Å². The first-order valence-electron chi connectivity index (χ1n) is 11.4. The van der Waals surface area contributed by atoms with Crippen molar-refractivity contribution in [3.8, 4) is 5.69 Å². The lowest BCUT2D eigenvalue weighted by Crippen LogP contribution is -2.82. The molecule has 1 atom stereocenters. The van der Waals surface area contributed by atoms with Crippen LogP contribution in [-0.2, 0) is 6.42 Å². The first kappa shape index (κ1) is 21.1. The zero-order valence-corrected chi connectivity index (χ0v) is 18.4. The second-order valence-electron chi connectivity index (χ2n) is 9.72. The van der Waals surface area contributed by atoms with Gasteiger partial charge in [-0.15, -0.1) is 0 Å². The molecule has 1 aromatic heterocycles. The minimum atomic E-state index is -0.426. The van der Waals surface area contributed by atoms with E-state index in [1.165, 1.54) is 10.1 Å². The maximum atomic E-state index is 12.5. The van der Waals surface area contributed by atoms with Crippen LogP contribution in [0.5, 0.6) is 0 Å². The number of nitrogens with one attached hydrogen (secondary N) is 3. The van der Waals surface area contributed by atoms with E-state index in [0.717, 1.165) is 44.5 Å². The molecule has 0 spiro atoms. The molecule has 170 valence electrons. The van der Waals surface area contributed by atoms with Crippen molar-refractivity contribution in [2.24, 2.45) is 5.73 Å². The van der Waals surface area contributed by atoms with Gasteiger partial charge in [-0.05, 0) is 56.4 Å². The van der Waals surface area contributed by atoms with Gasteiger partial charge in [0.1, 0.15) is 5.82 Å². The molecule has 6 rings (SSSR count). The summed E-state index contributed by atoms with van der Waals surface area (Å²) in [6, 6.07) is 9.74. The number of aromatic nitrogens is 2. The molecular formula is C23H31N7O2. The second-order valence-corrected chi connectivity index (χ2v) is 9.72. The average Bonchev–Trinajstić information content (AvgIpc) is 2.73. The zero-order valence-electron chi connectivity index (χ0n) is 18.4. The minimum absolute atomic E-state index is 0.110. The van der Waals surface area contributed by atoms with Crippen LogP contribution in [0.1, 0.15) is 31.7 Å². The highest BCUT2D eigenvalue weighted by atomic mass is 16.2. The molecule has 2 heterocycles. The Morgan fingerprint density at radius 3 is 2.50 bits per heavy atom. The smallest absolute Gasteiger partial charge is 0.325 e. The van der Waals surface area contributed by atoms with Crippen molar-refractivity contribution in [3.05, 3.63) is 52.6 Å². The van der Waals surface area contributed by atoms with Crippen molar-refractivity contribution in [1.82, 2.24) is 25.1 Å². The molecule has 4 aliphatic rings. The molecule has 1 unspecified atom stereocenters. The molecule has 2 bridgehead atoms. The summed E-state index contributed by atoms with van der Waals surface area (Å²) in [6.07, 6.45) is 5.83. The first-order chi connectivity index (χ1) is 15.3. The quantitative estimate of drug-likeness (QED) is 0.532. The maximum absolute atomic E-state index is 12.5. The molecule has 32 heavy (non-hydrogen) atoms. The van der Waals surface area contributed by atoms with Crippen LogP contribution >= 0.6 is 0 Å².